The molecule has 0 radical (unpaired) electrons. The van der Waals surface area contributed by atoms with Crippen molar-refractivity contribution in [1.82, 2.24) is 10.3 Å². The fraction of sp³-hybridized carbons (Fsp3) is 0.222. The van der Waals surface area contributed by atoms with E-state index in [0.717, 1.165) is 32.3 Å². The number of benzene rings is 1. The maximum absolute atomic E-state index is 12.1. The highest BCUT2D eigenvalue weighted by Gasteiger charge is 2.10. The minimum absolute atomic E-state index is 0.00525. The van der Waals surface area contributed by atoms with E-state index in [1.165, 1.54) is 0 Å². The third-order valence-corrected chi connectivity index (χ3v) is 6.39. The van der Waals surface area contributed by atoms with E-state index in [-0.39, 0.29) is 5.91 Å². The van der Waals surface area contributed by atoms with Crippen molar-refractivity contribution < 1.29 is 4.79 Å². The summed E-state index contributed by atoms with van der Waals surface area (Å²) in [6.45, 7) is 1.38. The zero-order valence-corrected chi connectivity index (χ0v) is 17.0. The summed E-state index contributed by atoms with van der Waals surface area (Å²) in [6.07, 6.45) is 0.318. The first-order valence-corrected chi connectivity index (χ1v) is 10.4. The molecule has 0 spiro atoms. The van der Waals surface area contributed by atoms with Crippen LogP contribution < -0.4 is 10.2 Å². The van der Waals surface area contributed by atoms with Gasteiger partial charge in [-0.15, -0.1) is 22.7 Å². The number of likely N-dealkylation sites (N-methyl/N-ethyl adjacent to an activating group) is 1. The molecule has 0 fully saturated rings. The lowest BCUT2D eigenvalue weighted by Crippen LogP contribution is -2.33. The molecule has 0 aliphatic rings. The minimum atomic E-state index is 0.00525. The van der Waals surface area contributed by atoms with Gasteiger partial charge in [0.2, 0.25) is 5.91 Å². The van der Waals surface area contributed by atoms with Gasteiger partial charge in [0.15, 0.2) is 0 Å². The Morgan fingerprint density at radius 1 is 1.24 bits per heavy atom. The van der Waals surface area contributed by atoms with Crippen molar-refractivity contribution >= 4 is 50.2 Å². The van der Waals surface area contributed by atoms with E-state index in [0.29, 0.717) is 13.0 Å². The number of rotatable bonds is 7. The first kappa shape index (κ1) is 18.1. The predicted octanol–water partition coefficient (Wildman–Crippen LogP) is 4.43. The van der Waals surface area contributed by atoms with Gasteiger partial charge in [-0.05, 0) is 34.1 Å². The molecule has 0 saturated heterocycles. The van der Waals surface area contributed by atoms with Crippen molar-refractivity contribution in [2.75, 3.05) is 25.0 Å². The summed E-state index contributed by atoms with van der Waals surface area (Å²) >= 11 is 6.67. The Morgan fingerprint density at radius 3 is 2.76 bits per heavy atom. The SMILES string of the molecule is CN(CCNC(=O)Cc1csc(-c2cc(Br)cs2)n1)c1ccccc1. The molecule has 0 aliphatic carbocycles. The van der Waals surface area contributed by atoms with Crippen molar-refractivity contribution in [3.63, 3.8) is 0 Å². The number of carbonyl (C=O) groups excluding carboxylic acids is 1. The second-order valence-electron chi connectivity index (χ2n) is 5.56. The second-order valence-corrected chi connectivity index (χ2v) is 8.24. The van der Waals surface area contributed by atoms with Crippen molar-refractivity contribution in [2.24, 2.45) is 0 Å². The van der Waals surface area contributed by atoms with E-state index < -0.39 is 0 Å². The fourth-order valence-corrected chi connectivity index (χ4v) is 4.66. The van der Waals surface area contributed by atoms with E-state index >= 15 is 0 Å². The molecule has 1 N–H and O–H groups in total. The highest BCUT2D eigenvalue weighted by molar-refractivity contribution is 9.10. The Labute approximate surface area is 163 Å². The highest BCUT2D eigenvalue weighted by Crippen LogP contribution is 2.32. The van der Waals surface area contributed by atoms with Gasteiger partial charge in [0.25, 0.3) is 0 Å². The molecule has 7 heteroatoms. The maximum atomic E-state index is 12.1. The number of anilines is 1. The number of aromatic nitrogens is 1. The Hall–Kier alpha value is -1.70. The van der Waals surface area contributed by atoms with Gasteiger partial charge < -0.3 is 10.2 Å². The summed E-state index contributed by atoms with van der Waals surface area (Å²) in [5.41, 5.74) is 1.96. The Kier molecular flexibility index (Phi) is 6.23. The lowest BCUT2D eigenvalue weighted by molar-refractivity contribution is -0.120. The maximum Gasteiger partial charge on any atom is 0.226 e. The molecule has 0 bridgehead atoms. The smallest absolute Gasteiger partial charge is 0.226 e. The molecule has 2 aromatic heterocycles. The normalized spacial score (nSPS) is 10.6. The first-order chi connectivity index (χ1) is 12.1. The highest BCUT2D eigenvalue weighted by atomic mass is 79.9. The van der Waals surface area contributed by atoms with E-state index in [9.17, 15) is 4.79 Å². The Bertz CT molecular complexity index is 832. The van der Waals surface area contributed by atoms with Crippen LogP contribution in [0, 0.1) is 0 Å². The number of thiazole rings is 1. The van der Waals surface area contributed by atoms with Gasteiger partial charge in [0.1, 0.15) is 5.01 Å². The van der Waals surface area contributed by atoms with Gasteiger partial charge in [-0.2, -0.15) is 0 Å². The molecule has 0 unspecified atom stereocenters. The molecule has 1 aromatic carbocycles. The number of thiophene rings is 1. The van der Waals surface area contributed by atoms with E-state index in [2.05, 4.69) is 43.3 Å². The molecule has 0 saturated carbocycles. The summed E-state index contributed by atoms with van der Waals surface area (Å²) in [6, 6.07) is 12.2. The van der Waals surface area contributed by atoms with Crippen LogP contribution in [0.5, 0.6) is 0 Å². The number of nitrogens with one attached hydrogen (secondary N) is 1. The molecule has 3 rings (SSSR count). The van der Waals surface area contributed by atoms with Crippen molar-refractivity contribution in [1.29, 1.82) is 0 Å². The van der Waals surface area contributed by atoms with Crippen LogP contribution in [0.15, 0.2) is 51.6 Å². The van der Waals surface area contributed by atoms with E-state index in [4.69, 9.17) is 0 Å². The second kappa shape index (κ2) is 8.60. The number of halogens is 1. The standard InChI is InChI=1S/C18H18BrN3OS2/c1-22(15-5-3-2-4-6-15)8-7-20-17(23)10-14-12-25-18(21-14)16-9-13(19)11-24-16/h2-6,9,11-12H,7-8,10H2,1H3,(H,20,23). The van der Waals surface area contributed by atoms with Crippen molar-refractivity contribution in [3.8, 4) is 9.88 Å². The monoisotopic (exact) mass is 435 g/mol. The summed E-state index contributed by atoms with van der Waals surface area (Å²) in [5, 5.41) is 7.92. The summed E-state index contributed by atoms with van der Waals surface area (Å²) in [7, 11) is 2.02. The molecule has 0 aliphatic heterocycles. The zero-order chi connectivity index (χ0) is 17.6. The number of amides is 1. The van der Waals surface area contributed by atoms with Crippen LogP contribution in [0.4, 0.5) is 5.69 Å². The Morgan fingerprint density at radius 2 is 2.04 bits per heavy atom. The molecular weight excluding hydrogens is 418 g/mol. The van der Waals surface area contributed by atoms with Gasteiger partial charge in [0.05, 0.1) is 17.0 Å². The minimum Gasteiger partial charge on any atom is -0.373 e. The molecule has 0 atom stereocenters. The average Bonchev–Trinajstić information content (AvgIpc) is 3.24. The molecule has 130 valence electrons. The van der Waals surface area contributed by atoms with E-state index in [1.807, 2.05) is 42.1 Å². The van der Waals surface area contributed by atoms with Crippen LogP contribution in [0.3, 0.4) is 0 Å². The molecule has 2 heterocycles. The van der Waals surface area contributed by atoms with Gasteiger partial charge in [0, 0.05) is 41.1 Å². The third-order valence-electron chi connectivity index (χ3n) is 3.64. The van der Waals surface area contributed by atoms with Crippen LogP contribution in [0.2, 0.25) is 0 Å². The molecule has 1 amide bonds. The number of hydrogen-bond donors (Lipinski definition) is 1. The van der Waals surface area contributed by atoms with Gasteiger partial charge in [-0.1, -0.05) is 18.2 Å². The van der Waals surface area contributed by atoms with Crippen molar-refractivity contribution in [2.45, 2.75) is 6.42 Å². The average molecular weight is 436 g/mol. The topological polar surface area (TPSA) is 45.2 Å². The van der Waals surface area contributed by atoms with Crippen LogP contribution >= 0.6 is 38.6 Å². The number of nitrogens with zero attached hydrogens (tertiary/aromatic N) is 2. The van der Waals surface area contributed by atoms with Crippen LogP contribution in [0.1, 0.15) is 5.69 Å². The fourth-order valence-electron chi connectivity index (χ4n) is 2.33. The molecular formula is C18H18BrN3OS2. The largest absolute Gasteiger partial charge is 0.373 e. The quantitative estimate of drug-likeness (QED) is 0.596. The summed E-state index contributed by atoms with van der Waals surface area (Å²) in [4.78, 5) is 19.9. The molecule has 4 nitrogen and oxygen atoms in total. The lowest BCUT2D eigenvalue weighted by Gasteiger charge is -2.19. The van der Waals surface area contributed by atoms with Crippen LogP contribution in [-0.2, 0) is 11.2 Å². The number of para-hydroxylation sites is 1. The third kappa shape index (κ3) is 5.14. The number of carbonyl (C=O) groups is 1. The van der Waals surface area contributed by atoms with Crippen LogP contribution in [-0.4, -0.2) is 31.0 Å². The van der Waals surface area contributed by atoms with Gasteiger partial charge in [-0.3, -0.25) is 4.79 Å². The Balaban J connectivity index is 1.46. The van der Waals surface area contributed by atoms with Crippen LogP contribution in [0.25, 0.3) is 9.88 Å². The summed E-state index contributed by atoms with van der Waals surface area (Å²) < 4.78 is 1.06. The van der Waals surface area contributed by atoms with Gasteiger partial charge >= 0.3 is 0 Å². The molecule has 25 heavy (non-hydrogen) atoms. The summed E-state index contributed by atoms with van der Waals surface area (Å²) in [5.74, 6) is 0.00525. The van der Waals surface area contributed by atoms with Crippen molar-refractivity contribution in [3.05, 3.63) is 57.3 Å². The van der Waals surface area contributed by atoms with E-state index in [1.54, 1.807) is 22.7 Å². The predicted molar refractivity (Wildman–Crippen MR) is 110 cm³/mol. The lowest BCUT2D eigenvalue weighted by atomic mass is 10.3. The molecule has 3 aromatic rings. The number of hydrogen-bond acceptors (Lipinski definition) is 5. The van der Waals surface area contributed by atoms with Gasteiger partial charge in [-0.25, -0.2) is 4.98 Å². The first-order valence-electron chi connectivity index (χ1n) is 7.83. The zero-order valence-electron chi connectivity index (χ0n) is 13.7.